The molecule has 0 spiro atoms. The van der Waals surface area contributed by atoms with Crippen LogP contribution in [0, 0.1) is 0 Å². The van der Waals surface area contributed by atoms with Gasteiger partial charge in [-0.05, 0) is 48.6 Å². The Morgan fingerprint density at radius 2 is 1.93 bits per heavy atom. The highest BCUT2D eigenvalue weighted by molar-refractivity contribution is 5.78. The maximum absolute atomic E-state index is 13.0. The molecule has 0 saturated heterocycles. The second kappa shape index (κ2) is 8.40. The summed E-state index contributed by atoms with van der Waals surface area (Å²) in [7, 11) is 1.57. The second-order valence-corrected chi connectivity index (χ2v) is 7.13. The van der Waals surface area contributed by atoms with Crippen LogP contribution in [0.25, 0.3) is 5.69 Å². The monoisotopic (exact) mass is 375 g/mol. The van der Waals surface area contributed by atoms with E-state index in [9.17, 15) is 4.79 Å². The molecule has 1 unspecified atom stereocenters. The van der Waals surface area contributed by atoms with E-state index in [1.165, 1.54) is 11.1 Å². The maximum Gasteiger partial charge on any atom is 0.249 e. The largest absolute Gasteiger partial charge is 0.375 e. The fraction of sp³-hybridized carbons (Fsp3) is 0.304. The first-order valence-electron chi connectivity index (χ1n) is 9.72. The average Bonchev–Trinajstić information content (AvgIpc) is 3.21. The zero-order valence-corrected chi connectivity index (χ0v) is 16.1. The number of aryl methyl sites for hydroxylation is 1. The molecule has 1 amide bonds. The molecule has 3 aromatic rings. The van der Waals surface area contributed by atoms with Crippen molar-refractivity contribution in [3.8, 4) is 5.69 Å². The van der Waals surface area contributed by atoms with Crippen molar-refractivity contribution in [3.63, 3.8) is 0 Å². The number of fused-ring (bicyclic) bond motifs is 1. The maximum atomic E-state index is 13.0. The average molecular weight is 375 g/mol. The van der Waals surface area contributed by atoms with Crippen LogP contribution in [-0.4, -0.2) is 34.3 Å². The molecule has 0 N–H and O–H groups in total. The molecule has 1 aromatic heterocycles. The Morgan fingerprint density at radius 3 is 2.75 bits per heavy atom. The highest BCUT2D eigenvalue weighted by Crippen LogP contribution is 2.35. The van der Waals surface area contributed by atoms with E-state index >= 15 is 0 Å². The van der Waals surface area contributed by atoms with Crippen LogP contribution in [0.1, 0.15) is 35.7 Å². The topological polar surface area (TPSA) is 47.4 Å². The van der Waals surface area contributed by atoms with Crippen molar-refractivity contribution in [2.45, 2.75) is 31.8 Å². The van der Waals surface area contributed by atoms with Gasteiger partial charge in [0.25, 0.3) is 0 Å². The number of ether oxygens (including phenoxy) is 1. The molecule has 0 bridgehead atoms. The Hall–Kier alpha value is -2.92. The van der Waals surface area contributed by atoms with Gasteiger partial charge in [-0.15, -0.1) is 0 Å². The molecule has 4 rings (SSSR count). The summed E-state index contributed by atoms with van der Waals surface area (Å²) in [6, 6.07) is 20.5. The highest BCUT2D eigenvalue weighted by Gasteiger charge is 2.30. The number of para-hydroxylation sites is 1. The minimum absolute atomic E-state index is 0.00464. The second-order valence-electron chi connectivity index (χ2n) is 7.13. The smallest absolute Gasteiger partial charge is 0.249 e. The Kier molecular flexibility index (Phi) is 5.53. The molecule has 0 radical (unpaired) electrons. The van der Waals surface area contributed by atoms with E-state index < -0.39 is 0 Å². The van der Waals surface area contributed by atoms with Gasteiger partial charge in [0.05, 0.1) is 24.0 Å². The van der Waals surface area contributed by atoms with Gasteiger partial charge in [-0.3, -0.25) is 4.79 Å². The van der Waals surface area contributed by atoms with Crippen LogP contribution in [0.3, 0.4) is 0 Å². The van der Waals surface area contributed by atoms with E-state index in [1.807, 2.05) is 46.0 Å². The minimum atomic E-state index is 0.00464. The van der Waals surface area contributed by atoms with Crippen LogP contribution in [0.2, 0.25) is 0 Å². The molecule has 0 aliphatic heterocycles. The van der Waals surface area contributed by atoms with Crippen LogP contribution < -0.4 is 0 Å². The van der Waals surface area contributed by atoms with E-state index in [0.717, 1.165) is 30.6 Å². The van der Waals surface area contributed by atoms with Crippen molar-refractivity contribution in [2.75, 3.05) is 13.7 Å². The minimum Gasteiger partial charge on any atom is -0.375 e. The van der Waals surface area contributed by atoms with Crippen LogP contribution in [-0.2, 0) is 22.5 Å². The first kappa shape index (κ1) is 18.4. The van der Waals surface area contributed by atoms with Gasteiger partial charge in [0.2, 0.25) is 5.91 Å². The number of carbonyl (C=O) groups excluding carboxylic acids is 1. The van der Waals surface area contributed by atoms with Gasteiger partial charge in [-0.25, -0.2) is 4.68 Å². The van der Waals surface area contributed by atoms with E-state index in [-0.39, 0.29) is 18.6 Å². The molecule has 1 aliphatic rings. The van der Waals surface area contributed by atoms with Gasteiger partial charge in [-0.2, -0.15) is 5.10 Å². The number of hydrogen-bond acceptors (Lipinski definition) is 3. The molecule has 5 nitrogen and oxygen atoms in total. The first-order valence-corrected chi connectivity index (χ1v) is 9.72. The lowest BCUT2D eigenvalue weighted by molar-refractivity contribution is -0.138. The summed E-state index contributed by atoms with van der Waals surface area (Å²) in [5.74, 6) is 0.00464. The Labute approximate surface area is 165 Å². The molecule has 28 heavy (non-hydrogen) atoms. The third-order valence-electron chi connectivity index (χ3n) is 5.36. The standard InChI is InChI=1S/C23H25N3O2/c1-28-17-23(27)25(22-13-7-9-18-8-5-6-12-21(18)22)16-20-14-15-24-26(20)19-10-3-2-4-11-19/h2-6,8,10-12,14-15,22H,7,9,13,16-17H2,1H3. The number of aromatic nitrogens is 2. The number of methoxy groups -OCH3 is 1. The van der Waals surface area contributed by atoms with Gasteiger partial charge in [0.1, 0.15) is 6.61 Å². The van der Waals surface area contributed by atoms with Gasteiger partial charge >= 0.3 is 0 Å². The zero-order valence-electron chi connectivity index (χ0n) is 16.1. The summed E-state index contributed by atoms with van der Waals surface area (Å²) < 4.78 is 7.09. The molecule has 0 saturated carbocycles. The van der Waals surface area contributed by atoms with Crippen molar-refractivity contribution in [1.82, 2.24) is 14.7 Å². The summed E-state index contributed by atoms with van der Waals surface area (Å²) in [5.41, 5.74) is 4.57. The van der Waals surface area contributed by atoms with Gasteiger partial charge in [0, 0.05) is 13.3 Å². The number of rotatable bonds is 6. The van der Waals surface area contributed by atoms with Crippen LogP contribution in [0.15, 0.2) is 66.9 Å². The molecular formula is C23H25N3O2. The predicted octanol–water partition coefficient (Wildman–Crippen LogP) is 3.92. The Morgan fingerprint density at radius 1 is 1.14 bits per heavy atom. The number of carbonyl (C=O) groups is 1. The van der Waals surface area contributed by atoms with Crippen molar-refractivity contribution in [2.24, 2.45) is 0 Å². The van der Waals surface area contributed by atoms with Gasteiger partial charge < -0.3 is 9.64 Å². The molecular weight excluding hydrogens is 350 g/mol. The van der Waals surface area contributed by atoms with Crippen LogP contribution in [0.4, 0.5) is 0 Å². The molecule has 1 heterocycles. The number of benzene rings is 2. The van der Waals surface area contributed by atoms with Crippen molar-refractivity contribution in [1.29, 1.82) is 0 Å². The summed E-state index contributed by atoms with van der Waals surface area (Å²) in [5, 5.41) is 4.48. The lowest BCUT2D eigenvalue weighted by Crippen LogP contribution is -2.38. The Bertz CT molecular complexity index is 936. The third-order valence-corrected chi connectivity index (χ3v) is 5.36. The normalized spacial score (nSPS) is 15.8. The lowest BCUT2D eigenvalue weighted by Gasteiger charge is -2.36. The molecule has 2 aromatic carbocycles. The van der Waals surface area contributed by atoms with E-state index in [0.29, 0.717) is 6.54 Å². The summed E-state index contributed by atoms with van der Waals surface area (Å²) >= 11 is 0. The quantitative estimate of drug-likeness (QED) is 0.656. The number of hydrogen-bond donors (Lipinski definition) is 0. The van der Waals surface area contributed by atoms with E-state index in [1.54, 1.807) is 13.3 Å². The van der Waals surface area contributed by atoms with Crippen molar-refractivity contribution in [3.05, 3.63) is 83.7 Å². The van der Waals surface area contributed by atoms with E-state index in [2.05, 4.69) is 29.4 Å². The third kappa shape index (κ3) is 3.71. The van der Waals surface area contributed by atoms with Crippen molar-refractivity contribution >= 4 is 5.91 Å². The van der Waals surface area contributed by atoms with Gasteiger partial charge in [0.15, 0.2) is 0 Å². The van der Waals surface area contributed by atoms with Crippen LogP contribution in [0.5, 0.6) is 0 Å². The highest BCUT2D eigenvalue weighted by atomic mass is 16.5. The van der Waals surface area contributed by atoms with Gasteiger partial charge in [-0.1, -0.05) is 42.5 Å². The molecule has 1 atom stereocenters. The summed E-state index contributed by atoms with van der Waals surface area (Å²) in [4.78, 5) is 15.0. The lowest BCUT2D eigenvalue weighted by atomic mass is 9.86. The zero-order chi connectivity index (χ0) is 19.3. The van der Waals surface area contributed by atoms with Crippen molar-refractivity contribution < 1.29 is 9.53 Å². The SMILES string of the molecule is COCC(=O)N(Cc1ccnn1-c1ccccc1)C1CCCc2ccccc21. The first-order chi connectivity index (χ1) is 13.8. The van der Waals surface area contributed by atoms with E-state index in [4.69, 9.17) is 4.74 Å². The number of nitrogens with zero attached hydrogens (tertiary/aromatic N) is 3. The fourth-order valence-electron chi connectivity index (χ4n) is 4.06. The molecule has 144 valence electrons. The molecule has 5 heteroatoms. The number of amides is 1. The molecule has 0 fully saturated rings. The molecule has 1 aliphatic carbocycles. The van der Waals surface area contributed by atoms with Crippen LogP contribution >= 0.6 is 0 Å². The summed E-state index contributed by atoms with van der Waals surface area (Å²) in [6.07, 6.45) is 4.90. The predicted molar refractivity (Wildman–Crippen MR) is 108 cm³/mol. The Balaban J connectivity index is 1.68. The summed E-state index contributed by atoms with van der Waals surface area (Å²) in [6.45, 7) is 0.578. The fourth-order valence-corrected chi connectivity index (χ4v) is 4.06.